The third kappa shape index (κ3) is 5.04. The summed E-state index contributed by atoms with van der Waals surface area (Å²) < 4.78 is 8.87. The molecule has 1 atom stereocenters. The van der Waals surface area contributed by atoms with Crippen LogP contribution < -0.4 is 5.26 Å². The lowest BCUT2D eigenvalue weighted by Gasteiger charge is -2.06. The van der Waals surface area contributed by atoms with E-state index in [1.54, 1.807) is 13.0 Å². The van der Waals surface area contributed by atoms with Gasteiger partial charge in [0.25, 0.3) is 0 Å². The van der Waals surface area contributed by atoms with Gasteiger partial charge in [-0.15, -0.1) is 0 Å². The fraction of sp³-hybridized carbons (Fsp3) is 0.250. The molecule has 0 aliphatic carbocycles. The second-order valence-corrected chi connectivity index (χ2v) is 4.68. The van der Waals surface area contributed by atoms with E-state index in [1.807, 2.05) is 30.3 Å². The van der Waals surface area contributed by atoms with Crippen molar-refractivity contribution in [3.8, 4) is 0 Å². The van der Waals surface area contributed by atoms with Gasteiger partial charge in [-0.25, -0.2) is 9.13 Å². The minimum Gasteiger partial charge on any atom is -0.672 e. The average Bonchev–Trinajstić information content (AvgIpc) is 2.36. The molecule has 4 nitrogen and oxygen atoms in total. The van der Waals surface area contributed by atoms with Crippen LogP contribution in [-0.2, 0) is 25.0 Å². The van der Waals surface area contributed by atoms with Gasteiger partial charge in [0.05, 0.1) is 6.61 Å². The Labute approximate surface area is 103 Å². The maximum atomic E-state index is 11.0. The van der Waals surface area contributed by atoms with Gasteiger partial charge in [-0.1, -0.05) is 18.2 Å². The van der Waals surface area contributed by atoms with Crippen molar-refractivity contribution in [1.82, 2.24) is 0 Å². The molecular formula is C12H14O4S. The number of esters is 1. The van der Waals surface area contributed by atoms with Crippen LogP contribution in [0.5, 0.6) is 0 Å². The fourth-order valence-corrected chi connectivity index (χ4v) is 2.22. The first-order valence-corrected chi connectivity index (χ1v) is 6.49. The maximum absolute atomic E-state index is 11.0. The van der Waals surface area contributed by atoms with Gasteiger partial charge in [-0.05, 0) is 25.1 Å². The van der Waals surface area contributed by atoms with E-state index in [0.29, 0.717) is 12.4 Å². The number of benzene rings is 1. The molecule has 0 heterocycles. The van der Waals surface area contributed by atoms with Gasteiger partial charge in [0.15, 0.2) is 21.8 Å². The second-order valence-electron chi connectivity index (χ2n) is 3.05. The molecule has 1 aromatic rings. The van der Waals surface area contributed by atoms with E-state index in [1.165, 1.54) is 6.08 Å². The third-order valence-corrected chi connectivity index (χ3v) is 3.33. The van der Waals surface area contributed by atoms with E-state index in [0.717, 1.165) is 4.90 Å². The first-order valence-electron chi connectivity index (χ1n) is 5.17. The van der Waals surface area contributed by atoms with Crippen LogP contribution in [-0.4, -0.2) is 18.3 Å². The summed E-state index contributed by atoms with van der Waals surface area (Å²) in [6, 6.07) is 9.18. The normalized spacial score (nSPS) is 12.6. The lowest BCUT2D eigenvalue weighted by atomic mass is 10.4. The quantitative estimate of drug-likeness (QED) is 0.250. The molecule has 0 saturated carbocycles. The Balaban J connectivity index is 2.51. The molecule has 0 saturated heterocycles. The monoisotopic (exact) mass is 254 g/mol. The van der Waals surface area contributed by atoms with Crippen LogP contribution in [0.4, 0.5) is 0 Å². The van der Waals surface area contributed by atoms with E-state index < -0.39 is 17.1 Å². The third-order valence-electron chi connectivity index (χ3n) is 1.88. The van der Waals surface area contributed by atoms with Gasteiger partial charge in [0.1, 0.15) is 0 Å². The molecular weight excluding hydrogens is 240 g/mol. The Kier molecular flexibility index (Phi) is 6.39. The van der Waals surface area contributed by atoms with Crippen molar-refractivity contribution in [1.29, 1.82) is 0 Å². The predicted octanol–water partition coefficient (Wildman–Crippen LogP) is 0.990. The molecule has 1 unspecified atom stereocenters. The van der Waals surface area contributed by atoms with Gasteiger partial charge in [0.2, 0.25) is 0 Å². The number of carbonyl (C=O) groups is 1. The van der Waals surface area contributed by atoms with E-state index >= 15 is 0 Å². The predicted molar refractivity (Wildman–Crippen MR) is 63.8 cm³/mol. The Bertz CT molecular complexity index is 364. The van der Waals surface area contributed by atoms with Crippen LogP contribution in [0, 0.1) is 0 Å². The van der Waals surface area contributed by atoms with Gasteiger partial charge < -0.3 is 9.99 Å². The Morgan fingerprint density at radius 3 is 2.71 bits per heavy atom. The largest absolute Gasteiger partial charge is 0.672 e. The highest BCUT2D eigenvalue weighted by molar-refractivity contribution is 7.92. The molecule has 0 N–H and O–H groups in total. The summed E-state index contributed by atoms with van der Waals surface area (Å²) in [5.74, 6) is -0.0400. The summed E-state index contributed by atoms with van der Waals surface area (Å²) in [7, 11) is 0. The molecule has 92 valence electrons. The number of rotatable bonds is 6. The molecule has 0 aromatic heterocycles. The van der Waals surface area contributed by atoms with E-state index in [9.17, 15) is 10.1 Å². The highest BCUT2D eigenvalue weighted by atomic mass is 32.2. The molecule has 0 spiro atoms. The molecule has 0 fully saturated rings. The minimum atomic E-state index is -0.865. The van der Waals surface area contributed by atoms with Crippen LogP contribution in [0.25, 0.3) is 0 Å². The molecule has 0 amide bonds. The topological polar surface area (TPSA) is 58.6 Å². The maximum Gasteiger partial charge on any atom is 0.330 e. The zero-order valence-corrected chi connectivity index (χ0v) is 10.3. The minimum absolute atomic E-state index is 0.339. The SMILES string of the molecule is CCOC(=O)/C=C/C[S+](O[O-])c1ccccc1. The van der Waals surface area contributed by atoms with E-state index in [2.05, 4.69) is 4.33 Å². The summed E-state index contributed by atoms with van der Waals surface area (Å²) >= 11 is -0.865. The number of hydrogen-bond donors (Lipinski definition) is 0. The number of carbonyl (C=O) groups excluding carboxylic acids is 1. The van der Waals surface area contributed by atoms with Gasteiger partial charge in [-0.3, -0.25) is 0 Å². The molecule has 0 bridgehead atoms. The number of hydrogen-bond acceptors (Lipinski definition) is 4. The zero-order valence-electron chi connectivity index (χ0n) is 9.50. The summed E-state index contributed by atoms with van der Waals surface area (Å²) in [6.45, 7) is 2.08. The molecule has 0 aliphatic heterocycles. The lowest BCUT2D eigenvalue weighted by Crippen LogP contribution is -2.18. The summed E-state index contributed by atoms with van der Waals surface area (Å²) in [4.78, 5) is 11.8. The Hall–Kier alpha value is -1.30. The van der Waals surface area contributed by atoms with Crippen molar-refractivity contribution >= 4 is 17.1 Å². The van der Waals surface area contributed by atoms with Crippen molar-refractivity contribution in [2.75, 3.05) is 12.4 Å². The summed E-state index contributed by atoms with van der Waals surface area (Å²) in [6.07, 6.45) is 2.90. The lowest BCUT2D eigenvalue weighted by molar-refractivity contribution is -0.632. The van der Waals surface area contributed by atoms with Crippen molar-refractivity contribution in [3.05, 3.63) is 42.5 Å². The molecule has 1 rings (SSSR count). The zero-order chi connectivity index (χ0) is 12.5. The fourth-order valence-electron chi connectivity index (χ4n) is 1.16. The molecule has 5 heteroatoms. The highest BCUT2D eigenvalue weighted by Crippen LogP contribution is 2.13. The standard InChI is InChI=1S/C12H14O4S/c1-2-15-12(13)9-6-10-17(16-14)11-7-4-3-5-8-11/h3-9H,2,10H2,1H3/b9-6+. The summed E-state index contributed by atoms with van der Waals surface area (Å²) in [5.41, 5.74) is 0. The smallest absolute Gasteiger partial charge is 0.330 e. The Morgan fingerprint density at radius 2 is 2.12 bits per heavy atom. The van der Waals surface area contributed by atoms with E-state index in [-0.39, 0.29) is 0 Å². The van der Waals surface area contributed by atoms with Crippen molar-refractivity contribution in [3.63, 3.8) is 0 Å². The second kappa shape index (κ2) is 7.89. The summed E-state index contributed by atoms with van der Waals surface area (Å²) in [5, 5.41) is 10.6. The van der Waals surface area contributed by atoms with Gasteiger partial charge >= 0.3 is 5.97 Å². The van der Waals surface area contributed by atoms with Crippen LogP contribution in [0.1, 0.15) is 6.92 Å². The first kappa shape index (κ1) is 13.8. The van der Waals surface area contributed by atoms with Crippen LogP contribution in [0.15, 0.2) is 47.4 Å². The van der Waals surface area contributed by atoms with Crippen molar-refractivity contribution < 1.29 is 19.1 Å². The van der Waals surface area contributed by atoms with Gasteiger partial charge in [0, 0.05) is 6.08 Å². The number of ether oxygens (including phenoxy) is 1. The Morgan fingerprint density at radius 1 is 1.41 bits per heavy atom. The molecule has 17 heavy (non-hydrogen) atoms. The van der Waals surface area contributed by atoms with Crippen LogP contribution >= 0.6 is 0 Å². The molecule has 0 radical (unpaired) electrons. The van der Waals surface area contributed by atoms with E-state index in [4.69, 9.17) is 4.74 Å². The average molecular weight is 254 g/mol. The van der Waals surface area contributed by atoms with Crippen LogP contribution in [0.3, 0.4) is 0 Å². The van der Waals surface area contributed by atoms with Crippen molar-refractivity contribution in [2.24, 2.45) is 0 Å². The molecule has 1 aromatic carbocycles. The first-order chi connectivity index (χ1) is 8.27. The highest BCUT2D eigenvalue weighted by Gasteiger charge is 2.18. The van der Waals surface area contributed by atoms with Gasteiger partial charge in [-0.2, -0.15) is 0 Å². The van der Waals surface area contributed by atoms with Crippen LogP contribution in [0.2, 0.25) is 0 Å². The van der Waals surface area contributed by atoms with Crippen molar-refractivity contribution in [2.45, 2.75) is 11.8 Å². The molecule has 0 aliphatic rings.